The van der Waals surface area contributed by atoms with Crippen molar-refractivity contribution in [1.29, 1.82) is 0 Å². The summed E-state index contributed by atoms with van der Waals surface area (Å²) in [6.45, 7) is 0. The number of hydrogen-bond acceptors (Lipinski definition) is 3. The number of aromatic carboxylic acids is 1. The molecule has 0 atom stereocenters. The average Bonchev–Trinajstić information content (AvgIpc) is 2.40. The highest BCUT2D eigenvalue weighted by atomic mass is 79.9. The molecular weight excluding hydrogens is 345 g/mol. The fourth-order valence-corrected chi connectivity index (χ4v) is 2.21. The Morgan fingerprint density at radius 1 is 1.14 bits per heavy atom. The molecule has 2 rings (SSSR count). The topological polar surface area (TPSA) is 86.6 Å². The number of hydrogen-bond donors (Lipinski definition) is 3. The smallest absolute Gasteiger partial charge is 0.337 e. The Morgan fingerprint density at radius 2 is 1.81 bits per heavy atom. The van der Waals surface area contributed by atoms with Crippen LogP contribution in [0.15, 0.2) is 40.9 Å². The lowest BCUT2D eigenvalue weighted by Crippen LogP contribution is -2.17. The highest BCUT2D eigenvalue weighted by Crippen LogP contribution is 2.28. The molecule has 7 heteroatoms. The van der Waals surface area contributed by atoms with Crippen LogP contribution in [0.4, 0.5) is 10.1 Å². The number of rotatable bonds is 3. The van der Waals surface area contributed by atoms with Gasteiger partial charge in [0.25, 0.3) is 5.91 Å². The van der Waals surface area contributed by atoms with Crippen LogP contribution in [-0.2, 0) is 0 Å². The summed E-state index contributed by atoms with van der Waals surface area (Å²) in [4.78, 5) is 23.2. The van der Waals surface area contributed by atoms with Gasteiger partial charge in [0.15, 0.2) is 0 Å². The van der Waals surface area contributed by atoms with Gasteiger partial charge in [-0.15, -0.1) is 0 Å². The monoisotopic (exact) mass is 353 g/mol. The number of carbonyl (C=O) groups is 2. The maximum Gasteiger partial charge on any atom is 0.337 e. The Morgan fingerprint density at radius 3 is 2.43 bits per heavy atom. The highest BCUT2D eigenvalue weighted by molar-refractivity contribution is 9.10. The third-order valence-corrected chi connectivity index (χ3v) is 3.36. The molecule has 0 heterocycles. The minimum Gasteiger partial charge on any atom is -0.507 e. The maximum atomic E-state index is 13.6. The van der Waals surface area contributed by atoms with E-state index in [4.69, 9.17) is 5.11 Å². The van der Waals surface area contributed by atoms with Crippen molar-refractivity contribution < 1.29 is 24.2 Å². The number of carbonyl (C=O) groups excluding carboxylic acids is 1. The number of phenols is 1. The zero-order valence-corrected chi connectivity index (χ0v) is 12.0. The average molecular weight is 354 g/mol. The van der Waals surface area contributed by atoms with Gasteiger partial charge >= 0.3 is 5.97 Å². The molecule has 0 fully saturated rings. The van der Waals surface area contributed by atoms with E-state index in [1.807, 2.05) is 0 Å². The number of amides is 1. The van der Waals surface area contributed by atoms with Gasteiger partial charge in [0.05, 0.1) is 11.3 Å². The molecule has 3 N–H and O–H groups in total. The van der Waals surface area contributed by atoms with E-state index in [1.165, 1.54) is 24.3 Å². The third-order valence-electron chi connectivity index (χ3n) is 2.70. The molecule has 5 nitrogen and oxygen atoms in total. The van der Waals surface area contributed by atoms with Crippen LogP contribution in [0.2, 0.25) is 0 Å². The van der Waals surface area contributed by atoms with E-state index in [2.05, 4.69) is 21.2 Å². The summed E-state index contributed by atoms with van der Waals surface area (Å²) in [6, 6.07) is 7.75. The minimum atomic E-state index is -1.25. The lowest BCUT2D eigenvalue weighted by molar-refractivity contribution is 0.0698. The SMILES string of the molecule is O=C(O)c1cccc(Br)c1NC(=O)c1c(O)cccc1F. The zero-order chi connectivity index (χ0) is 15.6. The molecule has 0 bridgehead atoms. The van der Waals surface area contributed by atoms with E-state index in [1.54, 1.807) is 0 Å². The van der Waals surface area contributed by atoms with Crippen LogP contribution in [0, 0.1) is 5.82 Å². The molecule has 2 aromatic rings. The maximum absolute atomic E-state index is 13.6. The van der Waals surface area contributed by atoms with Crippen LogP contribution in [-0.4, -0.2) is 22.1 Å². The molecule has 108 valence electrons. The van der Waals surface area contributed by atoms with Gasteiger partial charge in [-0.1, -0.05) is 12.1 Å². The predicted octanol–water partition coefficient (Wildman–Crippen LogP) is 3.24. The van der Waals surface area contributed by atoms with Gasteiger partial charge in [-0.3, -0.25) is 4.79 Å². The van der Waals surface area contributed by atoms with Crippen LogP contribution in [0.5, 0.6) is 5.75 Å². The van der Waals surface area contributed by atoms with Crippen LogP contribution in [0.3, 0.4) is 0 Å². The van der Waals surface area contributed by atoms with E-state index in [0.717, 1.165) is 12.1 Å². The second kappa shape index (κ2) is 5.92. The molecule has 1 amide bonds. The summed E-state index contributed by atoms with van der Waals surface area (Å²) in [5.74, 6) is -3.63. The molecule has 0 saturated heterocycles. The van der Waals surface area contributed by atoms with Gasteiger partial charge < -0.3 is 15.5 Å². The fraction of sp³-hybridized carbons (Fsp3) is 0. The first-order chi connectivity index (χ1) is 9.91. The molecule has 0 aliphatic heterocycles. The summed E-state index contributed by atoms with van der Waals surface area (Å²) >= 11 is 3.12. The standard InChI is InChI=1S/C14H9BrFNO4/c15-8-4-1-3-7(14(20)21)12(8)17-13(19)11-9(16)5-2-6-10(11)18/h1-6,18H,(H,17,19)(H,20,21). The van der Waals surface area contributed by atoms with E-state index in [-0.39, 0.29) is 11.3 Å². The molecule has 0 radical (unpaired) electrons. The minimum absolute atomic E-state index is 0.0161. The van der Waals surface area contributed by atoms with Crippen LogP contribution in [0.1, 0.15) is 20.7 Å². The first kappa shape index (κ1) is 15.0. The summed E-state index contributed by atoms with van der Waals surface area (Å²) in [7, 11) is 0. The lowest BCUT2D eigenvalue weighted by Gasteiger charge is -2.11. The highest BCUT2D eigenvalue weighted by Gasteiger charge is 2.20. The van der Waals surface area contributed by atoms with Gasteiger partial charge in [0.1, 0.15) is 17.1 Å². The molecule has 0 aliphatic rings. The first-order valence-electron chi connectivity index (χ1n) is 5.72. The van der Waals surface area contributed by atoms with Gasteiger partial charge in [-0.05, 0) is 40.2 Å². The van der Waals surface area contributed by atoms with E-state index < -0.39 is 29.0 Å². The van der Waals surface area contributed by atoms with E-state index in [9.17, 15) is 19.1 Å². The number of benzene rings is 2. The van der Waals surface area contributed by atoms with Crippen molar-refractivity contribution in [1.82, 2.24) is 0 Å². The molecule has 0 saturated carbocycles. The van der Waals surface area contributed by atoms with Gasteiger partial charge in [-0.25, -0.2) is 9.18 Å². The number of halogens is 2. The Bertz CT molecular complexity index is 713. The number of carboxylic acid groups (broad SMARTS) is 1. The van der Waals surface area contributed by atoms with Gasteiger partial charge in [0.2, 0.25) is 0 Å². The van der Waals surface area contributed by atoms with Gasteiger partial charge in [-0.2, -0.15) is 0 Å². The molecular formula is C14H9BrFNO4. The van der Waals surface area contributed by atoms with Crippen molar-refractivity contribution in [3.8, 4) is 5.75 Å². The molecule has 21 heavy (non-hydrogen) atoms. The third kappa shape index (κ3) is 3.03. The van der Waals surface area contributed by atoms with Crippen LogP contribution >= 0.6 is 15.9 Å². The van der Waals surface area contributed by atoms with Crippen molar-refractivity contribution in [2.24, 2.45) is 0 Å². The Balaban J connectivity index is 2.44. The Labute approximate surface area is 127 Å². The number of para-hydroxylation sites is 1. The van der Waals surface area contributed by atoms with Crippen molar-refractivity contribution in [3.63, 3.8) is 0 Å². The Hall–Kier alpha value is -2.41. The summed E-state index contributed by atoms with van der Waals surface area (Å²) in [5.41, 5.74) is -0.726. The normalized spacial score (nSPS) is 10.2. The van der Waals surface area contributed by atoms with Gasteiger partial charge in [0, 0.05) is 4.47 Å². The fourth-order valence-electron chi connectivity index (χ4n) is 1.74. The summed E-state index contributed by atoms with van der Waals surface area (Å²) in [5, 5.41) is 20.9. The summed E-state index contributed by atoms with van der Waals surface area (Å²) in [6.07, 6.45) is 0. The molecule has 2 aromatic carbocycles. The second-order valence-corrected chi connectivity index (χ2v) is 4.91. The predicted molar refractivity (Wildman–Crippen MR) is 77.1 cm³/mol. The number of phenolic OH excluding ortho intramolecular Hbond substituents is 1. The lowest BCUT2D eigenvalue weighted by atomic mass is 10.1. The number of nitrogens with one attached hydrogen (secondary N) is 1. The first-order valence-corrected chi connectivity index (χ1v) is 6.51. The van der Waals surface area contributed by atoms with Crippen molar-refractivity contribution in [3.05, 3.63) is 57.8 Å². The molecule has 0 unspecified atom stereocenters. The van der Waals surface area contributed by atoms with Crippen molar-refractivity contribution in [2.45, 2.75) is 0 Å². The Kier molecular flexibility index (Phi) is 4.23. The molecule has 0 aliphatic carbocycles. The number of carboxylic acids is 1. The van der Waals surface area contributed by atoms with Crippen molar-refractivity contribution in [2.75, 3.05) is 5.32 Å². The molecule has 0 spiro atoms. The van der Waals surface area contributed by atoms with Crippen molar-refractivity contribution >= 4 is 33.5 Å². The van der Waals surface area contributed by atoms with Crippen LogP contribution in [0.25, 0.3) is 0 Å². The quantitative estimate of drug-likeness (QED) is 0.790. The number of aromatic hydroxyl groups is 1. The van der Waals surface area contributed by atoms with E-state index >= 15 is 0 Å². The number of anilines is 1. The second-order valence-electron chi connectivity index (χ2n) is 4.06. The van der Waals surface area contributed by atoms with E-state index in [0.29, 0.717) is 4.47 Å². The zero-order valence-electron chi connectivity index (χ0n) is 10.4. The largest absolute Gasteiger partial charge is 0.507 e. The summed E-state index contributed by atoms with van der Waals surface area (Å²) < 4.78 is 13.9. The molecule has 0 aromatic heterocycles. The van der Waals surface area contributed by atoms with Crippen LogP contribution < -0.4 is 5.32 Å².